The lowest BCUT2D eigenvalue weighted by atomic mass is 9.98. The van der Waals surface area contributed by atoms with Crippen LogP contribution in [0.4, 0.5) is 0 Å². The van der Waals surface area contributed by atoms with Crippen LogP contribution in [0.25, 0.3) is 0 Å². The number of amides is 1. The molecule has 2 aromatic rings. The minimum absolute atomic E-state index is 0.000645. The fourth-order valence-electron chi connectivity index (χ4n) is 2.36. The molecule has 118 valence electrons. The zero-order chi connectivity index (χ0) is 15.9. The number of nitrogens with one attached hydrogen (secondary N) is 1. The Morgan fingerprint density at radius 1 is 1.41 bits per heavy atom. The maximum atomic E-state index is 12.2. The summed E-state index contributed by atoms with van der Waals surface area (Å²) in [5, 5.41) is 10.9. The largest absolute Gasteiger partial charge is 0.349 e. The SMILES string of the molecule is CC(C)CC(NC(=O)CCc1nncn1C)c1cccnc1. The molecule has 2 heterocycles. The monoisotopic (exact) mass is 301 g/mol. The molecular weight excluding hydrogens is 278 g/mol. The molecule has 0 aliphatic heterocycles. The summed E-state index contributed by atoms with van der Waals surface area (Å²) in [6, 6.07) is 3.90. The first-order chi connectivity index (χ1) is 10.6. The van der Waals surface area contributed by atoms with Crippen LogP contribution in [0.3, 0.4) is 0 Å². The fraction of sp³-hybridized carbons (Fsp3) is 0.500. The van der Waals surface area contributed by atoms with E-state index in [2.05, 4.69) is 34.3 Å². The Hall–Kier alpha value is -2.24. The lowest BCUT2D eigenvalue weighted by molar-refractivity contribution is -0.121. The van der Waals surface area contributed by atoms with E-state index in [1.54, 1.807) is 12.5 Å². The Morgan fingerprint density at radius 2 is 2.23 bits per heavy atom. The van der Waals surface area contributed by atoms with Crippen LogP contribution in [-0.2, 0) is 18.3 Å². The molecule has 0 bridgehead atoms. The molecule has 0 aromatic carbocycles. The molecule has 0 saturated heterocycles. The second-order valence-corrected chi connectivity index (χ2v) is 5.89. The Bertz CT molecular complexity index is 594. The first-order valence-corrected chi connectivity index (χ1v) is 7.58. The highest BCUT2D eigenvalue weighted by Crippen LogP contribution is 2.20. The smallest absolute Gasteiger partial charge is 0.220 e. The molecular formula is C16H23N5O. The van der Waals surface area contributed by atoms with Gasteiger partial charge in [0.15, 0.2) is 0 Å². The van der Waals surface area contributed by atoms with E-state index in [1.165, 1.54) is 0 Å². The first-order valence-electron chi connectivity index (χ1n) is 7.58. The molecule has 2 rings (SSSR count). The molecule has 1 atom stereocenters. The Balaban J connectivity index is 1.95. The topological polar surface area (TPSA) is 72.7 Å². The van der Waals surface area contributed by atoms with Gasteiger partial charge in [-0.05, 0) is 24.0 Å². The van der Waals surface area contributed by atoms with Crippen LogP contribution in [0.15, 0.2) is 30.9 Å². The van der Waals surface area contributed by atoms with Crippen molar-refractivity contribution in [2.24, 2.45) is 13.0 Å². The number of nitrogens with zero attached hydrogens (tertiary/aromatic N) is 4. The van der Waals surface area contributed by atoms with Gasteiger partial charge in [-0.25, -0.2) is 0 Å². The van der Waals surface area contributed by atoms with Gasteiger partial charge in [0, 0.05) is 32.3 Å². The summed E-state index contributed by atoms with van der Waals surface area (Å²) in [4.78, 5) is 16.4. The van der Waals surface area contributed by atoms with Crippen LogP contribution in [0, 0.1) is 5.92 Å². The number of hydrogen-bond acceptors (Lipinski definition) is 4. The molecule has 2 aromatic heterocycles. The zero-order valence-corrected chi connectivity index (χ0v) is 13.4. The molecule has 0 spiro atoms. The van der Waals surface area contributed by atoms with Crippen molar-refractivity contribution >= 4 is 5.91 Å². The van der Waals surface area contributed by atoms with E-state index in [9.17, 15) is 4.79 Å². The number of carbonyl (C=O) groups is 1. The van der Waals surface area contributed by atoms with Crippen molar-refractivity contribution in [1.29, 1.82) is 0 Å². The molecule has 0 saturated carbocycles. The molecule has 0 fully saturated rings. The molecule has 1 amide bonds. The second-order valence-electron chi connectivity index (χ2n) is 5.89. The predicted octanol–water partition coefficient (Wildman–Crippen LogP) is 2.05. The van der Waals surface area contributed by atoms with Crippen LogP contribution in [-0.4, -0.2) is 25.7 Å². The minimum Gasteiger partial charge on any atom is -0.349 e. The molecule has 1 N–H and O–H groups in total. The molecule has 6 heteroatoms. The summed E-state index contributed by atoms with van der Waals surface area (Å²) in [5.74, 6) is 1.33. The van der Waals surface area contributed by atoms with Crippen molar-refractivity contribution < 1.29 is 4.79 Å². The van der Waals surface area contributed by atoms with E-state index in [0.29, 0.717) is 18.8 Å². The van der Waals surface area contributed by atoms with Gasteiger partial charge in [-0.3, -0.25) is 9.78 Å². The Morgan fingerprint density at radius 3 is 2.82 bits per heavy atom. The molecule has 0 aliphatic carbocycles. The average Bonchev–Trinajstić information content (AvgIpc) is 2.90. The summed E-state index contributed by atoms with van der Waals surface area (Å²) >= 11 is 0. The summed E-state index contributed by atoms with van der Waals surface area (Å²) in [7, 11) is 1.88. The highest BCUT2D eigenvalue weighted by atomic mass is 16.1. The van der Waals surface area contributed by atoms with Gasteiger partial charge in [0.25, 0.3) is 0 Å². The zero-order valence-electron chi connectivity index (χ0n) is 13.4. The number of pyridine rings is 1. The maximum absolute atomic E-state index is 12.2. The first kappa shape index (κ1) is 16.1. The standard InChI is InChI=1S/C16H23N5O/c1-12(2)9-14(13-5-4-8-17-10-13)19-16(22)7-6-15-20-18-11-21(15)3/h4-5,8,10-12,14H,6-7,9H2,1-3H3,(H,19,22). The van der Waals surface area contributed by atoms with Gasteiger partial charge in [0.1, 0.15) is 12.2 Å². The van der Waals surface area contributed by atoms with Gasteiger partial charge in [-0.2, -0.15) is 0 Å². The van der Waals surface area contributed by atoms with E-state index in [-0.39, 0.29) is 11.9 Å². The van der Waals surface area contributed by atoms with E-state index in [0.717, 1.165) is 17.8 Å². The van der Waals surface area contributed by atoms with Crippen LogP contribution in [0.1, 0.15) is 44.1 Å². The molecule has 22 heavy (non-hydrogen) atoms. The summed E-state index contributed by atoms with van der Waals surface area (Å²) in [6.07, 6.45) is 7.08. The van der Waals surface area contributed by atoms with Gasteiger partial charge >= 0.3 is 0 Å². The van der Waals surface area contributed by atoms with Gasteiger partial charge < -0.3 is 9.88 Å². The van der Waals surface area contributed by atoms with Crippen LogP contribution < -0.4 is 5.32 Å². The number of rotatable bonds is 7. The van der Waals surface area contributed by atoms with E-state index in [4.69, 9.17) is 0 Å². The van der Waals surface area contributed by atoms with E-state index >= 15 is 0 Å². The number of carbonyl (C=O) groups excluding carboxylic acids is 1. The normalized spacial score (nSPS) is 12.4. The quantitative estimate of drug-likeness (QED) is 0.849. The van der Waals surface area contributed by atoms with Crippen molar-refractivity contribution in [3.63, 3.8) is 0 Å². The predicted molar refractivity (Wildman–Crippen MR) is 83.9 cm³/mol. The second kappa shape index (κ2) is 7.68. The lowest BCUT2D eigenvalue weighted by Crippen LogP contribution is -2.30. The Labute approximate surface area is 131 Å². The van der Waals surface area contributed by atoms with Gasteiger partial charge in [0.05, 0.1) is 6.04 Å². The van der Waals surface area contributed by atoms with E-state index in [1.807, 2.05) is 29.9 Å². The fourth-order valence-corrected chi connectivity index (χ4v) is 2.36. The van der Waals surface area contributed by atoms with Crippen molar-refractivity contribution in [2.45, 2.75) is 39.2 Å². The van der Waals surface area contributed by atoms with Crippen molar-refractivity contribution in [3.05, 3.63) is 42.2 Å². The molecule has 6 nitrogen and oxygen atoms in total. The van der Waals surface area contributed by atoms with Gasteiger partial charge in [0.2, 0.25) is 5.91 Å². The number of hydrogen-bond donors (Lipinski definition) is 1. The Kier molecular flexibility index (Phi) is 5.63. The third kappa shape index (κ3) is 4.65. The number of aromatic nitrogens is 4. The molecule has 0 aliphatic rings. The summed E-state index contributed by atoms with van der Waals surface area (Å²) in [6.45, 7) is 4.30. The van der Waals surface area contributed by atoms with Crippen molar-refractivity contribution in [3.8, 4) is 0 Å². The van der Waals surface area contributed by atoms with Gasteiger partial charge in [-0.15, -0.1) is 10.2 Å². The van der Waals surface area contributed by atoms with Crippen LogP contribution >= 0.6 is 0 Å². The van der Waals surface area contributed by atoms with Crippen LogP contribution in [0.5, 0.6) is 0 Å². The summed E-state index contributed by atoms with van der Waals surface area (Å²) < 4.78 is 1.83. The minimum atomic E-state index is 0.000645. The summed E-state index contributed by atoms with van der Waals surface area (Å²) in [5.41, 5.74) is 1.04. The highest BCUT2D eigenvalue weighted by Gasteiger charge is 2.16. The third-order valence-corrected chi connectivity index (χ3v) is 3.51. The van der Waals surface area contributed by atoms with Crippen LogP contribution in [0.2, 0.25) is 0 Å². The van der Waals surface area contributed by atoms with Crippen molar-refractivity contribution in [2.75, 3.05) is 0 Å². The van der Waals surface area contributed by atoms with Crippen molar-refractivity contribution in [1.82, 2.24) is 25.1 Å². The molecule has 0 radical (unpaired) electrons. The molecule has 1 unspecified atom stereocenters. The lowest BCUT2D eigenvalue weighted by Gasteiger charge is -2.20. The average molecular weight is 301 g/mol. The third-order valence-electron chi connectivity index (χ3n) is 3.51. The number of aryl methyl sites for hydroxylation is 2. The highest BCUT2D eigenvalue weighted by molar-refractivity contribution is 5.76. The van der Waals surface area contributed by atoms with Gasteiger partial charge in [-0.1, -0.05) is 19.9 Å². The van der Waals surface area contributed by atoms with E-state index < -0.39 is 0 Å². The maximum Gasteiger partial charge on any atom is 0.220 e.